The van der Waals surface area contributed by atoms with E-state index in [-0.39, 0.29) is 5.97 Å². The first-order valence-electron chi connectivity index (χ1n) is 5.52. The van der Waals surface area contributed by atoms with E-state index in [4.69, 9.17) is 4.74 Å². The third-order valence-corrected chi connectivity index (χ3v) is 3.42. The van der Waals surface area contributed by atoms with Crippen LogP contribution in [0.3, 0.4) is 0 Å². The van der Waals surface area contributed by atoms with Crippen LogP contribution in [0.15, 0.2) is 0 Å². The van der Waals surface area contributed by atoms with Crippen molar-refractivity contribution in [2.75, 3.05) is 27.2 Å². The summed E-state index contributed by atoms with van der Waals surface area (Å²) in [5.74, 6) is -0.163. The van der Waals surface area contributed by atoms with E-state index in [2.05, 4.69) is 10.2 Å². The van der Waals surface area contributed by atoms with Crippen LogP contribution in [0.4, 0.5) is 0 Å². The zero-order valence-corrected chi connectivity index (χ0v) is 10.2. The quantitative estimate of drug-likeness (QED) is 0.699. The summed E-state index contributed by atoms with van der Waals surface area (Å²) >= 11 is 0. The second kappa shape index (κ2) is 4.94. The molecule has 4 heteroatoms. The van der Waals surface area contributed by atoms with Gasteiger partial charge in [-0.25, -0.2) is 0 Å². The monoisotopic (exact) mass is 214 g/mol. The number of methoxy groups -OCH3 is 1. The smallest absolute Gasteiger partial charge is 0.325 e. The minimum Gasteiger partial charge on any atom is -0.468 e. The molecule has 0 spiro atoms. The van der Waals surface area contributed by atoms with Gasteiger partial charge in [-0.15, -0.1) is 0 Å². The van der Waals surface area contributed by atoms with Crippen molar-refractivity contribution in [3.05, 3.63) is 0 Å². The van der Waals surface area contributed by atoms with Crippen molar-refractivity contribution in [3.63, 3.8) is 0 Å². The Labute approximate surface area is 92.0 Å². The first-order chi connectivity index (χ1) is 7.00. The number of esters is 1. The van der Waals surface area contributed by atoms with Gasteiger partial charge in [0.2, 0.25) is 0 Å². The lowest BCUT2D eigenvalue weighted by atomic mass is 9.96. The number of likely N-dealkylation sites (N-methyl/N-ethyl adjacent to an activating group) is 1. The zero-order valence-electron chi connectivity index (χ0n) is 10.2. The Morgan fingerprint density at radius 1 is 1.40 bits per heavy atom. The predicted molar refractivity (Wildman–Crippen MR) is 59.7 cm³/mol. The fourth-order valence-electron chi connectivity index (χ4n) is 2.04. The lowest BCUT2D eigenvalue weighted by Crippen LogP contribution is -2.55. The van der Waals surface area contributed by atoms with Gasteiger partial charge in [-0.3, -0.25) is 9.69 Å². The van der Waals surface area contributed by atoms with E-state index < -0.39 is 5.54 Å². The van der Waals surface area contributed by atoms with Crippen LogP contribution >= 0.6 is 0 Å². The SMILES string of the molecule is COC(=O)C(C)(C)N(C)C1CCNCC1. The second-order valence-electron chi connectivity index (χ2n) is 4.64. The van der Waals surface area contributed by atoms with E-state index in [9.17, 15) is 4.79 Å². The van der Waals surface area contributed by atoms with Crippen molar-refractivity contribution in [3.8, 4) is 0 Å². The highest BCUT2D eigenvalue weighted by Crippen LogP contribution is 2.21. The molecule has 0 unspecified atom stereocenters. The highest BCUT2D eigenvalue weighted by atomic mass is 16.5. The molecule has 0 amide bonds. The second-order valence-corrected chi connectivity index (χ2v) is 4.64. The van der Waals surface area contributed by atoms with Crippen LogP contribution in [0.2, 0.25) is 0 Å². The molecule has 0 bridgehead atoms. The molecule has 1 heterocycles. The molecule has 0 aromatic rings. The van der Waals surface area contributed by atoms with E-state index in [1.165, 1.54) is 7.11 Å². The summed E-state index contributed by atoms with van der Waals surface area (Å²) in [6.45, 7) is 5.90. The van der Waals surface area contributed by atoms with E-state index >= 15 is 0 Å². The molecule has 4 nitrogen and oxygen atoms in total. The first kappa shape index (κ1) is 12.5. The van der Waals surface area contributed by atoms with Gasteiger partial charge in [-0.05, 0) is 46.8 Å². The summed E-state index contributed by atoms with van der Waals surface area (Å²) in [5.41, 5.74) is -0.531. The summed E-state index contributed by atoms with van der Waals surface area (Å²) in [6.07, 6.45) is 2.19. The molecule has 0 aromatic heterocycles. The van der Waals surface area contributed by atoms with Crippen molar-refractivity contribution in [2.45, 2.75) is 38.3 Å². The van der Waals surface area contributed by atoms with Gasteiger partial charge < -0.3 is 10.1 Å². The molecule has 1 N–H and O–H groups in total. The van der Waals surface area contributed by atoms with E-state index in [0.29, 0.717) is 6.04 Å². The van der Waals surface area contributed by atoms with Crippen molar-refractivity contribution < 1.29 is 9.53 Å². The normalized spacial score (nSPS) is 19.3. The molecule has 1 aliphatic heterocycles. The van der Waals surface area contributed by atoms with Gasteiger partial charge in [0, 0.05) is 6.04 Å². The summed E-state index contributed by atoms with van der Waals surface area (Å²) in [7, 11) is 3.45. The molecule has 0 atom stereocenters. The lowest BCUT2D eigenvalue weighted by molar-refractivity contribution is -0.154. The van der Waals surface area contributed by atoms with Crippen molar-refractivity contribution in [1.82, 2.24) is 10.2 Å². The Kier molecular flexibility index (Phi) is 4.11. The predicted octanol–water partition coefficient (Wildman–Crippen LogP) is 0.622. The third-order valence-electron chi connectivity index (χ3n) is 3.42. The summed E-state index contributed by atoms with van der Waals surface area (Å²) in [6, 6.07) is 0.473. The fraction of sp³-hybridized carbons (Fsp3) is 0.909. The molecule has 1 fully saturated rings. The maximum Gasteiger partial charge on any atom is 0.325 e. The maximum absolute atomic E-state index is 11.6. The largest absolute Gasteiger partial charge is 0.468 e. The van der Waals surface area contributed by atoms with E-state index in [1.54, 1.807) is 0 Å². The molecule has 1 aliphatic rings. The van der Waals surface area contributed by atoms with Crippen LogP contribution in [0.5, 0.6) is 0 Å². The Hall–Kier alpha value is -0.610. The number of ether oxygens (including phenoxy) is 1. The molecule has 0 aromatic carbocycles. The Balaban J connectivity index is 2.64. The van der Waals surface area contributed by atoms with Gasteiger partial charge in [-0.2, -0.15) is 0 Å². The van der Waals surface area contributed by atoms with Crippen LogP contribution < -0.4 is 5.32 Å². The number of nitrogens with zero attached hydrogens (tertiary/aromatic N) is 1. The average Bonchev–Trinajstić information content (AvgIpc) is 2.28. The number of hydrogen-bond donors (Lipinski definition) is 1. The Morgan fingerprint density at radius 2 is 1.93 bits per heavy atom. The van der Waals surface area contributed by atoms with E-state index in [1.807, 2.05) is 20.9 Å². The van der Waals surface area contributed by atoms with Gasteiger partial charge in [0.05, 0.1) is 7.11 Å². The van der Waals surface area contributed by atoms with Gasteiger partial charge >= 0.3 is 5.97 Å². The van der Waals surface area contributed by atoms with Gasteiger partial charge in [-0.1, -0.05) is 0 Å². The van der Waals surface area contributed by atoms with Crippen LogP contribution in [0, 0.1) is 0 Å². The molecule has 1 saturated heterocycles. The summed E-state index contributed by atoms with van der Waals surface area (Å²) < 4.78 is 4.83. The van der Waals surface area contributed by atoms with Crippen LogP contribution in [-0.4, -0.2) is 49.7 Å². The van der Waals surface area contributed by atoms with Crippen molar-refractivity contribution in [1.29, 1.82) is 0 Å². The third kappa shape index (κ3) is 2.69. The number of carbonyl (C=O) groups excluding carboxylic acids is 1. The number of hydrogen-bond acceptors (Lipinski definition) is 4. The van der Waals surface area contributed by atoms with Crippen LogP contribution in [0.25, 0.3) is 0 Å². The highest BCUT2D eigenvalue weighted by Gasteiger charge is 2.37. The van der Waals surface area contributed by atoms with Crippen LogP contribution in [0.1, 0.15) is 26.7 Å². The number of carbonyl (C=O) groups is 1. The number of piperidine rings is 1. The van der Waals surface area contributed by atoms with Crippen LogP contribution in [-0.2, 0) is 9.53 Å². The van der Waals surface area contributed by atoms with Crippen molar-refractivity contribution in [2.24, 2.45) is 0 Å². The summed E-state index contributed by atoms with van der Waals surface area (Å²) in [4.78, 5) is 13.8. The van der Waals surface area contributed by atoms with Gasteiger partial charge in [0.15, 0.2) is 0 Å². The number of rotatable bonds is 3. The molecule has 1 rings (SSSR count). The number of nitrogens with one attached hydrogen (secondary N) is 1. The van der Waals surface area contributed by atoms with Gasteiger partial charge in [0.1, 0.15) is 5.54 Å². The topological polar surface area (TPSA) is 41.6 Å². The lowest BCUT2D eigenvalue weighted by Gasteiger charge is -2.40. The van der Waals surface area contributed by atoms with E-state index in [0.717, 1.165) is 25.9 Å². The Bertz CT molecular complexity index is 223. The fourth-order valence-corrected chi connectivity index (χ4v) is 2.04. The molecule has 15 heavy (non-hydrogen) atoms. The molecular formula is C11H22N2O2. The standard InChI is InChI=1S/C11H22N2O2/c1-11(2,10(14)15-4)13(3)9-5-7-12-8-6-9/h9,12H,5-8H2,1-4H3. The molecule has 88 valence electrons. The summed E-state index contributed by atoms with van der Waals surface area (Å²) in [5, 5.41) is 3.32. The minimum absolute atomic E-state index is 0.163. The molecule has 0 saturated carbocycles. The molecular weight excluding hydrogens is 192 g/mol. The molecule has 0 radical (unpaired) electrons. The average molecular weight is 214 g/mol. The molecule has 0 aliphatic carbocycles. The first-order valence-corrected chi connectivity index (χ1v) is 5.52. The van der Waals surface area contributed by atoms with Crippen molar-refractivity contribution >= 4 is 5.97 Å². The maximum atomic E-state index is 11.6. The highest BCUT2D eigenvalue weighted by molar-refractivity contribution is 5.79. The Morgan fingerprint density at radius 3 is 2.40 bits per heavy atom. The van der Waals surface area contributed by atoms with Gasteiger partial charge in [0.25, 0.3) is 0 Å². The minimum atomic E-state index is -0.531. The zero-order chi connectivity index (χ0) is 11.5.